The Morgan fingerprint density at radius 1 is 0.897 bits per heavy atom. The smallest absolute Gasteiger partial charge is 0.241 e. The van der Waals surface area contributed by atoms with E-state index in [1.54, 1.807) is 18.2 Å². The molecule has 4 aromatic carbocycles. The first-order valence-corrected chi connectivity index (χ1v) is 14.8. The molecule has 2 atom stereocenters. The first-order chi connectivity index (χ1) is 18.9. The molecule has 0 aliphatic carbocycles. The molecule has 1 saturated heterocycles. The van der Waals surface area contributed by atoms with Crippen LogP contribution in [0.25, 0.3) is 10.8 Å². The zero-order valence-corrected chi connectivity index (χ0v) is 22.6. The number of benzene rings is 4. The molecule has 1 fully saturated rings. The summed E-state index contributed by atoms with van der Waals surface area (Å²) in [5.74, 6) is -0.203. The highest BCUT2D eigenvalue weighted by atomic mass is 32.2. The van der Waals surface area contributed by atoms with Gasteiger partial charge in [-0.05, 0) is 65.4 Å². The summed E-state index contributed by atoms with van der Waals surface area (Å²) in [7, 11) is -3.95. The molecule has 1 aliphatic heterocycles. The number of nitrogens with one attached hydrogen (secondary N) is 2. The standard InChI is InChI=1S/C31H34N4O3S/c32-21-24-12-15-27(16-13-24)33-22-28-11-6-18-35(28)31(36)30(19-23-7-2-1-3-8-23)34-39(37,38)29-17-14-25-9-4-5-10-26(25)20-29/h1-5,7-10,12-17,20,28,30,33-34H,6,11,18-19,21-22,32H2. The average Bonchev–Trinajstić information content (AvgIpc) is 3.44. The maximum atomic E-state index is 13.9. The van der Waals surface area contributed by atoms with E-state index < -0.39 is 16.1 Å². The highest BCUT2D eigenvalue weighted by molar-refractivity contribution is 7.89. The minimum atomic E-state index is -3.95. The number of nitrogens with zero attached hydrogens (tertiary/aromatic N) is 1. The van der Waals surface area contributed by atoms with E-state index in [4.69, 9.17) is 5.73 Å². The molecule has 5 rings (SSSR count). The second kappa shape index (κ2) is 12.0. The lowest BCUT2D eigenvalue weighted by Gasteiger charge is -2.30. The van der Waals surface area contributed by atoms with Crippen molar-refractivity contribution in [3.63, 3.8) is 0 Å². The van der Waals surface area contributed by atoms with Crippen molar-refractivity contribution in [1.82, 2.24) is 9.62 Å². The number of rotatable bonds is 10. The minimum absolute atomic E-state index is 0.0323. The van der Waals surface area contributed by atoms with Gasteiger partial charge in [-0.25, -0.2) is 8.42 Å². The van der Waals surface area contributed by atoms with Gasteiger partial charge in [-0.15, -0.1) is 0 Å². The quantitative estimate of drug-likeness (QED) is 0.277. The Kier molecular flexibility index (Phi) is 8.26. The summed E-state index contributed by atoms with van der Waals surface area (Å²) in [5, 5.41) is 5.22. The minimum Gasteiger partial charge on any atom is -0.383 e. The van der Waals surface area contributed by atoms with Crippen LogP contribution in [0.15, 0.2) is 102 Å². The predicted octanol–water partition coefficient (Wildman–Crippen LogP) is 4.29. The van der Waals surface area contributed by atoms with Crippen molar-refractivity contribution in [2.45, 2.75) is 42.8 Å². The summed E-state index contributed by atoms with van der Waals surface area (Å²) in [6, 6.07) is 29.2. The molecule has 1 heterocycles. The van der Waals surface area contributed by atoms with E-state index in [2.05, 4.69) is 10.0 Å². The van der Waals surface area contributed by atoms with E-state index in [-0.39, 0.29) is 23.3 Å². The van der Waals surface area contributed by atoms with Gasteiger partial charge in [0.2, 0.25) is 15.9 Å². The van der Waals surface area contributed by atoms with Crippen molar-refractivity contribution in [2.75, 3.05) is 18.4 Å². The van der Waals surface area contributed by atoms with Gasteiger partial charge in [0.1, 0.15) is 6.04 Å². The van der Waals surface area contributed by atoms with E-state index in [0.29, 0.717) is 19.6 Å². The van der Waals surface area contributed by atoms with Gasteiger partial charge >= 0.3 is 0 Å². The van der Waals surface area contributed by atoms with Crippen molar-refractivity contribution >= 4 is 32.4 Å². The molecule has 0 spiro atoms. The average molecular weight is 543 g/mol. The Balaban J connectivity index is 1.36. The molecule has 1 aliphatic rings. The highest BCUT2D eigenvalue weighted by Crippen LogP contribution is 2.23. The molecule has 39 heavy (non-hydrogen) atoms. The summed E-state index contributed by atoms with van der Waals surface area (Å²) in [6.07, 6.45) is 2.00. The summed E-state index contributed by atoms with van der Waals surface area (Å²) >= 11 is 0. The van der Waals surface area contributed by atoms with Crippen LogP contribution >= 0.6 is 0 Å². The Hall–Kier alpha value is -3.72. The van der Waals surface area contributed by atoms with Crippen LogP contribution in [0, 0.1) is 0 Å². The summed E-state index contributed by atoms with van der Waals surface area (Å²) < 4.78 is 29.8. The van der Waals surface area contributed by atoms with E-state index in [0.717, 1.165) is 40.4 Å². The van der Waals surface area contributed by atoms with Gasteiger partial charge in [0.25, 0.3) is 0 Å². The monoisotopic (exact) mass is 542 g/mol. The lowest BCUT2D eigenvalue weighted by molar-refractivity contribution is -0.133. The third-order valence-electron chi connectivity index (χ3n) is 7.30. The maximum absolute atomic E-state index is 13.9. The van der Waals surface area contributed by atoms with Crippen LogP contribution in [0.1, 0.15) is 24.0 Å². The lowest BCUT2D eigenvalue weighted by Crippen LogP contribution is -2.52. The summed E-state index contributed by atoms with van der Waals surface area (Å²) in [5.41, 5.74) is 8.61. The van der Waals surface area contributed by atoms with Crippen LogP contribution in [-0.2, 0) is 27.8 Å². The second-order valence-corrected chi connectivity index (χ2v) is 11.7. The largest absolute Gasteiger partial charge is 0.383 e. The van der Waals surface area contributed by atoms with E-state index >= 15 is 0 Å². The van der Waals surface area contributed by atoms with Crippen molar-refractivity contribution in [1.29, 1.82) is 0 Å². The van der Waals surface area contributed by atoms with Crippen molar-refractivity contribution in [2.24, 2.45) is 5.73 Å². The lowest BCUT2D eigenvalue weighted by atomic mass is 10.1. The maximum Gasteiger partial charge on any atom is 0.241 e. The number of nitrogens with two attached hydrogens (primary N) is 1. The predicted molar refractivity (Wildman–Crippen MR) is 156 cm³/mol. The van der Waals surface area contributed by atoms with Crippen LogP contribution in [0.5, 0.6) is 0 Å². The molecule has 0 bridgehead atoms. The number of sulfonamides is 1. The second-order valence-electron chi connectivity index (χ2n) is 9.98. The van der Waals surface area contributed by atoms with Crippen LogP contribution in [0.3, 0.4) is 0 Å². The molecular formula is C31H34N4O3S. The molecule has 0 saturated carbocycles. The molecule has 202 valence electrons. The van der Waals surface area contributed by atoms with Gasteiger partial charge in [0.05, 0.1) is 4.90 Å². The van der Waals surface area contributed by atoms with Crippen LogP contribution in [0.4, 0.5) is 5.69 Å². The van der Waals surface area contributed by atoms with Crippen LogP contribution in [0.2, 0.25) is 0 Å². The zero-order valence-electron chi connectivity index (χ0n) is 21.8. The molecule has 8 heteroatoms. The van der Waals surface area contributed by atoms with Crippen molar-refractivity contribution < 1.29 is 13.2 Å². The van der Waals surface area contributed by atoms with E-state index in [9.17, 15) is 13.2 Å². The normalized spacial score (nSPS) is 16.3. The van der Waals surface area contributed by atoms with Gasteiger partial charge in [-0.2, -0.15) is 4.72 Å². The van der Waals surface area contributed by atoms with Gasteiger partial charge < -0.3 is 16.0 Å². The summed E-state index contributed by atoms with van der Waals surface area (Å²) in [6.45, 7) is 1.67. The molecule has 7 nitrogen and oxygen atoms in total. The van der Waals surface area contributed by atoms with Crippen molar-refractivity contribution in [3.8, 4) is 0 Å². The number of carbonyl (C=O) groups is 1. The Bertz CT molecular complexity index is 1520. The SMILES string of the molecule is NCc1ccc(NCC2CCCN2C(=O)C(Cc2ccccc2)NS(=O)(=O)c2ccc3ccccc3c2)cc1. The molecule has 0 radical (unpaired) electrons. The van der Waals surface area contributed by atoms with Crippen LogP contribution < -0.4 is 15.8 Å². The molecular weight excluding hydrogens is 508 g/mol. The fraction of sp³-hybridized carbons (Fsp3) is 0.258. The van der Waals surface area contributed by atoms with Crippen LogP contribution in [-0.4, -0.2) is 44.4 Å². The van der Waals surface area contributed by atoms with E-state index in [1.165, 1.54) is 0 Å². The van der Waals surface area contributed by atoms with E-state index in [1.807, 2.05) is 83.8 Å². The number of anilines is 1. The topological polar surface area (TPSA) is 105 Å². The van der Waals surface area contributed by atoms with Gasteiger partial charge in [0, 0.05) is 31.4 Å². The fourth-order valence-corrected chi connectivity index (χ4v) is 6.38. The first kappa shape index (κ1) is 26.9. The fourth-order valence-electron chi connectivity index (χ4n) is 5.15. The van der Waals surface area contributed by atoms with Gasteiger partial charge in [-0.1, -0.05) is 72.8 Å². The Morgan fingerprint density at radius 3 is 2.36 bits per heavy atom. The Labute approximate surface area is 230 Å². The number of amides is 1. The molecule has 0 aromatic heterocycles. The zero-order chi connectivity index (χ0) is 27.2. The summed E-state index contributed by atoms with van der Waals surface area (Å²) in [4.78, 5) is 15.9. The van der Waals surface area contributed by atoms with Gasteiger partial charge in [-0.3, -0.25) is 4.79 Å². The number of hydrogen-bond acceptors (Lipinski definition) is 5. The molecule has 2 unspecified atom stereocenters. The van der Waals surface area contributed by atoms with Gasteiger partial charge in [0.15, 0.2) is 0 Å². The van der Waals surface area contributed by atoms with Crippen molar-refractivity contribution in [3.05, 3.63) is 108 Å². The highest BCUT2D eigenvalue weighted by Gasteiger charge is 2.35. The molecule has 4 N–H and O–H groups in total. The third-order valence-corrected chi connectivity index (χ3v) is 8.77. The number of hydrogen-bond donors (Lipinski definition) is 3. The number of likely N-dealkylation sites (tertiary alicyclic amines) is 1. The number of carbonyl (C=O) groups excluding carboxylic acids is 1. The first-order valence-electron chi connectivity index (χ1n) is 13.3. The molecule has 4 aromatic rings. The Morgan fingerprint density at radius 2 is 1.62 bits per heavy atom. The number of fused-ring (bicyclic) bond motifs is 1. The molecule has 1 amide bonds. The third kappa shape index (κ3) is 6.47.